The number of nitro benzene ring substituents is 1. The Morgan fingerprint density at radius 3 is 2.62 bits per heavy atom. The minimum atomic E-state index is -0.504. The zero-order chi connectivity index (χ0) is 21.1. The van der Waals surface area contributed by atoms with Gasteiger partial charge in [-0.25, -0.2) is 9.48 Å². The summed E-state index contributed by atoms with van der Waals surface area (Å²) < 4.78 is 11.7. The number of aromatic nitrogens is 2. The van der Waals surface area contributed by atoms with Crippen molar-refractivity contribution < 1.29 is 23.7 Å². The van der Waals surface area contributed by atoms with Crippen LogP contribution in [0, 0.1) is 17.0 Å². The van der Waals surface area contributed by atoms with Crippen LogP contribution >= 0.6 is 0 Å². The van der Waals surface area contributed by atoms with Crippen molar-refractivity contribution in [2.75, 3.05) is 14.2 Å². The number of furan rings is 1. The number of non-ortho nitro benzene ring substituents is 1. The monoisotopic (exact) mass is 398 g/mol. The second-order valence-electron chi connectivity index (χ2n) is 6.28. The quantitative estimate of drug-likeness (QED) is 0.355. The van der Waals surface area contributed by atoms with Gasteiger partial charge >= 0.3 is 5.97 Å². The molecule has 0 bridgehead atoms. The fourth-order valence-corrected chi connectivity index (χ4v) is 2.76. The molecular weight excluding hydrogens is 380 g/mol. The van der Waals surface area contributed by atoms with Gasteiger partial charge in [0.25, 0.3) is 11.6 Å². The predicted molar refractivity (Wildman–Crippen MR) is 101 cm³/mol. The maximum absolute atomic E-state index is 12.7. The summed E-state index contributed by atoms with van der Waals surface area (Å²) in [5.41, 5.74) is 1.20. The minimum absolute atomic E-state index is 0.0306. The molecule has 0 radical (unpaired) electrons. The first-order valence-electron chi connectivity index (χ1n) is 8.52. The zero-order valence-electron chi connectivity index (χ0n) is 16.0. The molecule has 3 aromatic rings. The molecule has 0 unspecified atom stereocenters. The number of carbonyl (C=O) groups is 2. The Bertz CT molecular complexity index is 1070. The van der Waals surface area contributed by atoms with Crippen molar-refractivity contribution >= 4 is 17.6 Å². The van der Waals surface area contributed by atoms with Crippen LogP contribution in [0.1, 0.15) is 32.2 Å². The molecule has 29 heavy (non-hydrogen) atoms. The molecule has 2 heterocycles. The lowest BCUT2D eigenvalue weighted by Crippen LogP contribution is -2.25. The molecule has 0 aliphatic carbocycles. The lowest BCUT2D eigenvalue weighted by Gasteiger charge is -2.14. The molecule has 0 aliphatic rings. The molecular formula is C19H18N4O6. The van der Waals surface area contributed by atoms with Crippen LogP contribution in [-0.4, -0.2) is 45.6 Å². The standard InChI is InChI=1S/C19H18N4O6/c1-12-17(19(25)28-3)8-16(29-12)11-21(2)18(24)13-9-20-22(10-13)14-4-6-15(7-5-14)23(26)27/h4-10H,11H2,1-3H3. The summed E-state index contributed by atoms with van der Waals surface area (Å²) in [6.45, 7) is 1.80. The number of nitrogens with zero attached hydrogens (tertiary/aromatic N) is 4. The second kappa shape index (κ2) is 7.97. The number of rotatable bonds is 6. The SMILES string of the molecule is COC(=O)c1cc(CN(C)C(=O)c2cnn(-c3ccc([N+](=O)[O-])cc3)c2)oc1C. The van der Waals surface area contributed by atoms with Gasteiger partial charge in [0.05, 0.1) is 36.0 Å². The fraction of sp³-hybridized carbons (Fsp3) is 0.211. The van der Waals surface area contributed by atoms with Gasteiger partial charge in [0.1, 0.15) is 17.1 Å². The van der Waals surface area contributed by atoms with Crippen molar-refractivity contribution in [1.29, 1.82) is 0 Å². The molecule has 2 aromatic heterocycles. The van der Waals surface area contributed by atoms with E-state index in [-0.39, 0.29) is 18.1 Å². The first kappa shape index (κ1) is 19.8. The van der Waals surface area contributed by atoms with Crippen molar-refractivity contribution in [3.05, 3.63) is 75.5 Å². The molecule has 10 heteroatoms. The number of ether oxygens (including phenoxy) is 1. The largest absolute Gasteiger partial charge is 0.465 e. The molecule has 1 aromatic carbocycles. The Balaban J connectivity index is 1.72. The van der Waals surface area contributed by atoms with E-state index in [4.69, 9.17) is 4.42 Å². The van der Waals surface area contributed by atoms with E-state index in [1.165, 1.54) is 41.2 Å². The lowest BCUT2D eigenvalue weighted by atomic mass is 10.2. The number of aryl methyl sites for hydroxylation is 1. The van der Waals surface area contributed by atoms with Gasteiger partial charge in [-0.3, -0.25) is 14.9 Å². The van der Waals surface area contributed by atoms with Crippen molar-refractivity contribution in [1.82, 2.24) is 14.7 Å². The summed E-state index contributed by atoms with van der Waals surface area (Å²) in [7, 11) is 2.88. The molecule has 0 saturated heterocycles. The van der Waals surface area contributed by atoms with Gasteiger partial charge in [-0.1, -0.05) is 0 Å². The lowest BCUT2D eigenvalue weighted by molar-refractivity contribution is -0.384. The summed E-state index contributed by atoms with van der Waals surface area (Å²) in [6.07, 6.45) is 2.95. The second-order valence-corrected chi connectivity index (χ2v) is 6.28. The Morgan fingerprint density at radius 2 is 2.00 bits per heavy atom. The van der Waals surface area contributed by atoms with Gasteiger partial charge < -0.3 is 14.1 Å². The number of carbonyl (C=O) groups excluding carboxylic acids is 2. The highest BCUT2D eigenvalue weighted by Crippen LogP contribution is 2.19. The Kier molecular flexibility index (Phi) is 5.44. The van der Waals surface area contributed by atoms with E-state index in [1.54, 1.807) is 32.2 Å². The Labute approximate surface area is 165 Å². The van der Waals surface area contributed by atoms with E-state index >= 15 is 0 Å². The van der Waals surface area contributed by atoms with Gasteiger partial charge in [0.15, 0.2) is 0 Å². The maximum Gasteiger partial charge on any atom is 0.341 e. The molecule has 0 spiro atoms. The first-order valence-corrected chi connectivity index (χ1v) is 8.52. The highest BCUT2D eigenvalue weighted by atomic mass is 16.6. The normalized spacial score (nSPS) is 10.6. The van der Waals surface area contributed by atoms with E-state index in [9.17, 15) is 19.7 Å². The number of benzene rings is 1. The average molecular weight is 398 g/mol. The first-order chi connectivity index (χ1) is 13.8. The van der Waals surface area contributed by atoms with E-state index < -0.39 is 10.9 Å². The van der Waals surface area contributed by atoms with Crippen LogP contribution in [-0.2, 0) is 11.3 Å². The fourth-order valence-electron chi connectivity index (χ4n) is 2.76. The van der Waals surface area contributed by atoms with Gasteiger partial charge in [-0.05, 0) is 25.1 Å². The Morgan fingerprint density at radius 1 is 1.31 bits per heavy atom. The summed E-state index contributed by atoms with van der Waals surface area (Å²) in [6, 6.07) is 7.36. The van der Waals surface area contributed by atoms with Gasteiger partial charge in [0.2, 0.25) is 0 Å². The van der Waals surface area contributed by atoms with Crippen LogP contribution in [0.5, 0.6) is 0 Å². The average Bonchev–Trinajstić information content (AvgIpc) is 3.33. The zero-order valence-corrected chi connectivity index (χ0v) is 16.0. The smallest absolute Gasteiger partial charge is 0.341 e. The van der Waals surface area contributed by atoms with E-state index in [0.29, 0.717) is 28.3 Å². The van der Waals surface area contributed by atoms with Crippen LogP contribution in [0.2, 0.25) is 0 Å². The third-order valence-corrected chi connectivity index (χ3v) is 4.27. The van der Waals surface area contributed by atoms with Crippen LogP contribution in [0.15, 0.2) is 47.1 Å². The number of hydrogen-bond donors (Lipinski definition) is 0. The van der Waals surface area contributed by atoms with Crippen LogP contribution in [0.25, 0.3) is 5.69 Å². The number of nitro groups is 1. The van der Waals surface area contributed by atoms with Gasteiger partial charge in [0, 0.05) is 25.4 Å². The molecule has 0 aliphatic heterocycles. The summed E-state index contributed by atoms with van der Waals surface area (Å²) in [4.78, 5) is 36.0. The van der Waals surface area contributed by atoms with Gasteiger partial charge in [-0.2, -0.15) is 5.10 Å². The highest BCUT2D eigenvalue weighted by Gasteiger charge is 2.20. The highest BCUT2D eigenvalue weighted by molar-refractivity contribution is 5.93. The summed E-state index contributed by atoms with van der Waals surface area (Å²) in [5.74, 6) is 0.0582. The summed E-state index contributed by atoms with van der Waals surface area (Å²) in [5, 5.41) is 14.9. The number of hydrogen-bond acceptors (Lipinski definition) is 7. The molecule has 1 amide bonds. The molecule has 0 atom stereocenters. The van der Waals surface area contributed by atoms with Crippen LogP contribution in [0.4, 0.5) is 5.69 Å². The Hall–Kier alpha value is -3.95. The predicted octanol–water partition coefficient (Wildman–Crippen LogP) is 2.74. The number of methoxy groups -OCH3 is 1. The maximum atomic E-state index is 12.7. The molecule has 3 rings (SSSR count). The third-order valence-electron chi connectivity index (χ3n) is 4.27. The van der Waals surface area contributed by atoms with Crippen molar-refractivity contribution in [2.45, 2.75) is 13.5 Å². The molecule has 0 saturated carbocycles. The van der Waals surface area contributed by atoms with Crippen LogP contribution < -0.4 is 0 Å². The van der Waals surface area contributed by atoms with E-state index in [1.807, 2.05) is 0 Å². The van der Waals surface area contributed by atoms with Crippen molar-refractivity contribution in [3.8, 4) is 5.69 Å². The molecule has 150 valence electrons. The molecule has 0 N–H and O–H groups in total. The van der Waals surface area contributed by atoms with Gasteiger partial charge in [-0.15, -0.1) is 0 Å². The topological polar surface area (TPSA) is 121 Å². The van der Waals surface area contributed by atoms with Crippen molar-refractivity contribution in [3.63, 3.8) is 0 Å². The van der Waals surface area contributed by atoms with E-state index in [0.717, 1.165) is 0 Å². The number of esters is 1. The summed E-state index contributed by atoms with van der Waals surface area (Å²) >= 11 is 0. The van der Waals surface area contributed by atoms with Crippen molar-refractivity contribution in [2.24, 2.45) is 0 Å². The number of amides is 1. The van der Waals surface area contributed by atoms with Crippen LogP contribution in [0.3, 0.4) is 0 Å². The van der Waals surface area contributed by atoms with E-state index in [2.05, 4.69) is 9.84 Å². The minimum Gasteiger partial charge on any atom is -0.465 e. The molecule has 0 fully saturated rings. The third kappa shape index (κ3) is 4.15. The molecule has 10 nitrogen and oxygen atoms in total.